The van der Waals surface area contributed by atoms with Gasteiger partial charge in [-0.25, -0.2) is 0 Å². The summed E-state index contributed by atoms with van der Waals surface area (Å²) < 4.78 is 5.82. The monoisotopic (exact) mass is 255 g/mol. The lowest BCUT2D eigenvalue weighted by Crippen LogP contribution is -2.59. The third-order valence-corrected chi connectivity index (χ3v) is 4.41. The average Bonchev–Trinajstić information content (AvgIpc) is 2.41. The molecule has 1 saturated heterocycles. The first kappa shape index (κ1) is 13.8. The predicted molar refractivity (Wildman–Crippen MR) is 69.2 cm³/mol. The molecule has 2 aliphatic rings. The van der Waals surface area contributed by atoms with Crippen molar-refractivity contribution in [1.82, 2.24) is 5.32 Å². The van der Waals surface area contributed by atoms with Crippen molar-refractivity contribution in [2.45, 2.75) is 63.5 Å². The zero-order valence-electron chi connectivity index (χ0n) is 11.3. The van der Waals surface area contributed by atoms with E-state index in [4.69, 9.17) is 9.84 Å². The van der Waals surface area contributed by atoms with Gasteiger partial charge in [-0.3, -0.25) is 4.79 Å². The normalized spacial score (nSPS) is 34.3. The van der Waals surface area contributed by atoms with Crippen LogP contribution in [0.2, 0.25) is 0 Å². The van der Waals surface area contributed by atoms with E-state index in [-0.39, 0.29) is 18.6 Å². The molecule has 18 heavy (non-hydrogen) atoms. The van der Waals surface area contributed by atoms with Crippen LogP contribution in [0.1, 0.15) is 51.9 Å². The number of hydrogen-bond acceptors (Lipinski definition) is 3. The Balaban J connectivity index is 1.88. The van der Waals surface area contributed by atoms with Crippen LogP contribution in [-0.2, 0) is 9.53 Å². The largest absolute Gasteiger partial charge is 0.396 e. The summed E-state index contributed by atoms with van der Waals surface area (Å²) in [4.78, 5) is 12.2. The van der Waals surface area contributed by atoms with Crippen LogP contribution >= 0.6 is 0 Å². The number of nitrogens with one attached hydrogen (secondary N) is 1. The third-order valence-electron chi connectivity index (χ3n) is 4.41. The van der Waals surface area contributed by atoms with E-state index in [9.17, 15) is 4.79 Å². The summed E-state index contributed by atoms with van der Waals surface area (Å²) in [5.74, 6) is 0.586. The molecule has 0 bridgehead atoms. The molecule has 2 N–H and O–H groups in total. The van der Waals surface area contributed by atoms with Gasteiger partial charge in [-0.1, -0.05) is 19.3 Å². The number of morpholine rings is 1. The molecular formula is C14H25NO3. The molecule has 0 spiro atoms. The van der Waals surface area contributed by atoms with E-state index in [0.717, 1.165) is 0 Å². The minimum absolute atomic E-state index is 0.00206. The Bertz CT molecular complexity index is 289. The summed E-state index contributed by atoms with van der Waals surface area (Å²) in [5.41, 5.74) is -0.742. The van der Waals surface area contributed by atoms with E-state index in [1.807, 2.05) is 6.92 Å². The van der Waals surface area contributed by atoms with E-state index in [1.54, 1.807) is 0 Å². The number of ether oxygens (including phenoxy) is 1. The maximum atomic E-state index is 12.2. The number of amides is 1. The highest BCUT2D eigenvalue weighted by atomic mass is 16.5. The molecule has 4 heteroatoms. The van der Waals surface area contributed by atoms with Gasteiger partial charge in [-0.2, -0.15) is 0 Å². The maximum absolute atomic E-state index is 12.2. The van der Waals surface area contributed by atoms with Gasteiger partial charge in [0.15, 0.2) is 0 Å². The molecule has 2 rings (SSSR count). The second kappa shape index (κ2) is 6.02. The number of aliphatic hydroxyl groups excluding tert-OH is 1. The van der Waals surface area contributed by atoms with Crippen LogP contribution in [0.3, 0.4) is 0 Å². The summed E-state index contributed by atoms with van der Waals surface area (Å²) in [5, 5.41) is 12.0. The van der Waals surface area contributed by atoms with Gasteiger partial charge in [-0.15, -0.1) is 0 Å². The molecule has 1 saturated carbocycles. The van der Waals surface area contributed by atoms with Crippen LogP contribution < -0.4 is 5.32 Å². The molecule has 2 atom stereocenters. The summed E-state index contributed by atoms with van der Waals surface area (Å²) in [6, 6.07) is 0.194. The molecule has 1 aliphatic carbocycles. The van der Waals surface area contributed by atoms with Crippen molar-refractivity contribution >= 4 is 5.91 Å². The van der Waals surface area contributed by atoms with Crippen molar-refractivity contribution in [2.75, 3.05) is 13.2 Å². The van der Waals surface area contributed by atoms with Gasteiger partial charge in [0.25, 0.3) is 5.91 Å². The highest BCUT2D eigenvalue weighted by molar-refractivity contribution is 5.85. The smallest absolute Gasteiger partial charge is 0.252 e. The standard InChI is InChI=1S/C14H25NO3/c1-14(8-5-9-16)13(17)15-12(10-18-14)11-6-3-2-4-7-11/h11-12,16H,2-10H2,1H3,(H,15,17)/t12-,14-/m0/s1. The topological polar surface area (TPSA) is 58.6 Å². The molecule has 104 valence electrons. The molecule has 4 nitrogen and oxygen atoms in total. The number of carbonyl (C=O) groups is 1. The number of aliphatic hydroxyl groups is 1. The van der Waals surface area contributed by atoms with Crippen LogP contribution in [-0.4, -0.2) is 35.9 Å². The van der Waals surface area contributed by atoms with Gasteiger partial charge in [0.2, 0.25) is 0 Å². The first-order chi connectivity index (χ1) is 8.65. The van der Waals surface area contributed by atoms with Gasteiger partial charge in [0, 0.05) is 6.61 Å². The maximum Gasteiger partial charge on any atom is 0.252 e. The Hall–Kier alpha value is -0.610. The third kappa shape index (κ3) is 3.04. The molecule has 0 aromatic rings. The van der Waals surface area contributed by atoms with E-state index in [1.165, 1.54) is 32.1 Å². The van der Waals surface area contributed by atoms with E-state index >= 15 is 0 Å². The highest BCUT2D eigenvalue weighted by Gasteiger charge is 2.41. The summed E-state index contributed by atoms with van der Waals surface area (Å²) in [6.45, 7) is 2.56. The Morgan fingerprint density at radius 2 is 2.11 bits per heavy atom. The predicted octanol–water partition coefficient (Wildman–Crippen LogP) is 1.61. The lowest BCUT2D eigenvalue weighted by atomic mass is 9.82. The molecular weight excluding hydrogens is 230 g/mol. The number of hydrogen-bond donors (Lipinski definition) is 2. The SMILES string of the molecule is C[C@@]1(CCCO)OC[C@@H](C2CCCCC2)NC1=O. The first-order valence-electron chi connectivity index (χ1n) is 7.21. The van der Waals surface area contributed by atoms with E-state index < -0.39 is 5.60 Å². The average molecular weight is 255 g/mol. The van der Waals surface area contributed by atoms with Gasteiger partial charge in [-0.05, 0) is 38.5 Å². The summed E-state index contributed by atoms with van der Waals surface area (Å²) >= 11 is 0. The molecule has 0 aromatic heterocycles. The van der Waals surface area contributed by atoms with Crippen LogP contribution in [0.5, 0.6) is 0 Å². The van der Waals surface area contributed by atoms with Crippen molar-refractivity contribution in [1.29, 1.82) is 0 Å². The molecule has 0 unspecified atom stereocenters. The molecule has 0 radical (unpaired) electrons. The van der Waals surface area contributed by atoms with Gasteiger partial charge < -0.3 is 15.2 Å². The zero-order chi connectivity index (χ0) is 13.0. The second-order valence-electron chi connectivity index (χ2n) is 5.85. The molecule has 1 amide bonds. The molecule has 1 heterocycles. The fourth-order valence-corrected chi connectivity index (χ4v) is 3.09. The molecule has 1 aliphatic heterocycles. The minimum Gasteiger partial charge on any atom is -0.396 e. The van der Waals surface area contributed by atoms with E-state index in [2.05, 4.69) is 5.32 Å². The van der Waals surface area contributed by atoms with Crippen molar-refractivity contribution in [3.63, 3.8) is 0 Å². The lowest BCUT2D eigenvalue weighted by molar-refractivity contribution is -0.160. The molecule has 2 fully saturated rings. The van der Waals surface area contributed by atoms with Crippen molar-refractivity contribution in [2.24, 2.45) is 5.92 Å². The quantitative estimate of drug-likeness (QED) is 0.802. The highest BCUT2D eigenvalue weighted by Crippen LogP contribution is 2.30. The fourth-order valence-electron chi connectivity index (χ4n) is 3.09. The van der Waals surface area contributed by atoms with Crippen LogP contribution in [0, 0.1) is 5.92 Å². The second-order valence-corrected chi connectivity index (χ2v) is 5.85. The first-order valence-corrected chi connectivity index (χ1v) is 7.21. The van der Waals surface area contributed by atoms with Gasteiger partial charge >= 0.3 is 0 Å². The Kier molecular flexibility index (Phi) is 4.62. The number of carbonyl (C=O) groups excluding carboxylic acids is 1. The Labute approximate surface area is 109 Å². The van der Waals surface area contributed by atoms with Crippen LogP contribution in [0.25, 0.3) is 0 Å². The Morgan fingerprint density at radius 1 is 1.39 bits per heavy atom. The molecule has 0 aromatic carbocycles. The Morgan fingerprint density at radius 3 is 2.72 bits per heavy atom. The van der Waals surface area contributed by atoms with Crippen molar-refractivity contribution < 1.29 is 14.6 Å². The zero-order valence-corrected chi connectivity index (χ0v) is 11.3. The lowest BCUT2D eigenvalue weighted by Gasteiger charge is -2.41. The summed E-state index contributed by atoms with van der Waals surface area (Å²) in [7, 11) is 0. The minimum atomic E-state index is -0.742. The number of rotatable bonds is 4. The van der Waals surface area contributed by atoms with Gasteiger partial charge in [0.1, 0.15) is 5.60 Å². The van der Waals surface area contributed by atoms with Crippen LogP contribution in [0.4, 0.5) is 0 Å². The van der Waals surface area contributed by atoms with Gasteiger partial charge in [0.05, 0.1) is 12.6 Å². The van der Waals surface area contributed by atoms with E-state index in [0.29, 0.717) is 25.4 Å². The van der Waals surface area contributed by atoms with Crippen LogP contribution in [0.15, 0.2) is 0 Å². The van der Waals surface area contributed by atoms with Crippen molar-refractivity contribution in [3.05, 3.63) is 0 Å². The summed E-state index contributed by atoms with van der Waals surface area (Å²) in [6.07, 6.45) is 7.50. The fraction of sp³-hybridized carbons (Fsp3) is 0.929. The van der Waals surface area contributed by atoms with Crippen molar-refractivity contribution in [3.8, 4) is 0 Å².